The second kappa shape index (κ2) is 10.00. The quantitative estimate of drug-likeness (QED) is 0.191. The topological polar surface area (TPSA) is 139 Å². The van der Waals surface area contributed by atoms with E-state index in [2.05, 4.69) is 31.6 Å². The van der Waals surface area contributed by atoms with Crippen LogP contribution in [0.15, 0.2) is 83.1 Å². The van der Waals surface area contributed by atoms with E-state index < -0.39 is 0 Å². The van der Waals surface area contributed by atoms with Crippen molar-refractivity contribution in [2.24, 2.45) is 11.7 Å². The lowest BCUT2D eigenvalue weighted by atomic mass is 10.1. The van der Waals surface area contributed by atoms with E-state index in [0.29, 0.717) is 22.5 Å². The minimum absolute atomic E-state index is 0.0779. The first-order chi connectivity index (χ1) is 19.7. The number of carbonyl (C=O) groups excluding carboxylic acids is 1. The molecule has 0 aliphatic heterocycles. The van der Waals surface area contributed by atoms with Crippen LogP contribution in [-0.4, -0.2) is 31.1 Å². The van der Waals surface area contributed by atoms with Crippen molar-refractivity contribution in [3.05, 3.63) is 84.4 Å². The monoisotopic (exact) mass is 531 g/mol. The maximum atomic E-state index is 12.9. The number of H-pyrrole nitrogens is 2. The molecule has 5 N–H and O–H groups in total. The van der Waals surface area contributed by atoms with E-state index in [1.807, 2.05) is 36.4 Å². The smallest absolute Gasteiger partial charge is 0.227 e. The van der Waals surface area contributed by atoms with Gasteiger partial charge in [0.25, 0.3) is 0 Å². The SMILES string of the molecule is N/C=C(\C=C(/C=C1CC1)NC(=O)C1CCCC1)c1ccc2[nH]nc(-c3cc4c(-c5ccoc5)ccnc4[nH]3)c2n1. The first-order valence-corrected chi connectivity index (χ1v) is 13.7. The number of nitrogens with one attached hydrogen (secondary N) is 3. The molecule has 9 nitrogen and oxygen atoms in total. The molecule has 0 aromatic carbocycles. The van der Waals surface area contributed by atoms with Crippen molar-refractivity contribution in [2.75, 3.05) is 0 Å². The van der Waals surface area contributed by atoms with Crippen LogP contribution < -0.4 is 11.1 Å². The molecule has 7 rings (SSSR count). The van der Waals surface area contributed by atoms with E-state index in [9.17, 15) is 4.79 Å². The number of fused-ring (bicyclic) bond motifs is 2. The van der Waals surface area contributed by atoms with Crippen LogP contribution in [0.5, 0.6) is 0 Å². The Labute approximate surface area is 230 Å². The summed E-state index contributed by atoms with van der Waals surface area (Å²) in [4.78, 5) is 25.8. The zero-order chi connectivity index (χ0) is 27.1. The third kappa shape index (κ3) is 4.59. The van der Waals surface area contributed by atoms with Gasteiger partial charge in [0.1, 0.15) is 16.9 Å². The van der Waals surface area contributed by atoms with E-state index in [4.69, 9.17) is 15.1 Å². The summed E-state index contributed by atoms with van der Waals surface area (Å²) in [5.41, 5.74) is 15.3. The van der Waals surface area contributed by atoms with Crippen molar-refractivity contribution >= 4 is 33.5 Å². The summed E-state index contributed by atoms with van der Waals surface area (Å²) in [6.07, 6.45) is 16.9. The van der Waals surface area contributed by atoms with Crippen LogP contribution in [0, 0.1) is 5.92 Å². The van der Waals surface area contributed by atoms with Gasteiger partial charge in [0.15, 0.2) is 0 Å². The molecule has 0 radical (unpaired) electrons. The zero-order valence-electron chi connectivity index (χ0n) is 21.9. The molecule has 0 atom stereocenters. The fraction of sp³-hybridized carbons (Fsp3) is 0.226. The third-order valence-electron chi connectivity index (χ3n) is 7.71. The van der Waals surface area contributed by atoms with E-state index in [0.717, 1.165) is 77.6 Å². The number of furan rings is 1. The highest BCUT2D eigenvalue weighted by molar-refractivity contribution is 5.99. The van der Waals surface area contributed by atoms with Crippen LogP contribution in [0.25, 0.3) is 50.2 Å². The summed E-state index contributed by atoms with van der Waals surface area (Å²) < 4.78 is 5.29. The van der Waals surface area contributed by atoms with Crippen LogP contribution >= 0.6 is 0 Å². The van der Waals surface area contributed by atoms with Gasteiger partial charge in [0.05, 0.1) is 29.4 Å². The number of rotatable bonds is 7. The van der Waals surface area contributed by atoms with Crippen LogP contribution in [0.3, 0.4) is 0 Å². The van der Waals surface area contributed by atoms with Gasteiger partial charge < -0.3 is 20.5 Å². The Hall–Kier alpha value is -4.92. The standard InChI is InChI=1S/C31H29N7O2/c32-16-21(14-22(13-18-5-6-18)34-31(39)19-3-1-2-4-19)25-7-8-26-28(35-25)29(38-37-26)27-15-24-23(20-10-12-40-17-20)9-11-33-30(24)36-27/h7-17,19H,1-6,32H2,(H,33,36)(H,34,39)(H,37,38)/b21-16+,22-14+. The normalized spacial score (nSPS) is 16.2. The molecular formula is C31H29N7O2. The molecule has 40 heavy (non-hydrogen) atoms. The highest BCUT2D eigenvalue weighted by Crippen LogP contribution is 2.34. The first kappa shape index (κ1) is 24.1. The number of allylic oxidation sites excluding steroid dienone is 4. The second-order valence-corrected chi connectivity index (χ2v) is 10.5. The van der Waals surface area contributed by atoms with Crippen molar-refractivity contribution in [3.63, 3.8) is 0 Å². The molecule has 2 aliphatic rings. The average molecular weight is 532 g/mol. The molecule has 200 valence electrons. The van der Waals surface area contributed by atoms with Crippen LogP contribution in [0.4, 0.5) is 0 Å². The number of aromatic amines is 2. The van der Waals surface area contributed by atoms with Crippen molar-refractivity contribution in [3.8, 4) is 22.5 Å². The molecule has 5 aromatic heterocycles. The van der Waals surface area contributed by atoms with E-state index in [1.54, 1.807) is 18.7 Å². The summed E-state index contributed by atoms with van der Waals surface area (Å²) >= 11 is 0. The predicted molar refractivity (Wildman–Crippen MR) is 154 cm³/mol. The van der Waals surface area contributed by atoms with Crippen LogP contribution in [0.2, 0.25) is 0 Å². The summed E-state index contributed by atoms with van der Waals surface area (Å²) in [5, 5.41) is 11.8. The van der Waals surface area contributed by atoms with E-state index in [1.165, 1.54) is 11.8 Å². The summed E-state index contributed by atoms with van der Waals surface area (Å²) in [5.74, 6) is 0.162. The lowest BCUT2D eigenvalue weighted by Gasteiger charge is -2.12. The molecular weight excluding hydrogens is 502 g/mol. The van der Waals surface area contributed by atoms with Crippen molar-refractivity contribution < 1.29 is 9.21 Å². The van der Waals surface area contributed by atoms with Crippen molar-refractivity contribution in [1.82, 2.24) is 30.5 Å². The summed E-state index contributed by atoms with van der Waals surface area (Å²) in [6.45, 7) is 0. The van der Waals surface area contributed by atoms with Crippen molar-refractivity contribution in [1.29, 1.82) is 0 Å². The minimum atomic E-state index is 0.0779. The van der Waals surface area contributed by atoms with E-state index >= 15 is 0 Å². The van der Waals surface area contributed by atoms with Crippen molar-refractivity contribution in [2.45, 2.75) is 38.5 Å². The number of carbonyl (C=O) groups is 1. The predicted octanol–water partition coefficient (Wildman–Crippen LogP) is 5.97. The van der Waals surface area contributed by atoms with Gasteiger partial charge in [0.2, 0.25) is 5.91 Å². The fourth-order valence-electron chi connectivity index (χ4n) is 5.43. The first-order valence-electron chi connectivity index (χ1n) is 13.7. The average Bonchev–Trinajstić information content (AvgIpc) is 3.50. The molecule has 1 amide bonds. The van der Waals surface area contributed by atoms with Gasteiger partial charge in [0, 0.05) is 40.5 Å². The lowest BCUT2D eigenvalue weighted by molar-refractivity contribution is -0.123. The molecule has 0 bridgehead atoms. The maximum absolute atomic E-state index is 12.9. The number of pyridine rings is 2. The number of nitrogens with zero attached hydrogens (tertiary/aromatic N) is 3. The fourth-order valence-corrected chi connectivity index (χ4v) is 5.43. The van der Waals surface area contributed by atoms with Gasteiger partial charge in [-0.25, -0.2) is 9.97 Å². The number of hydrogen-bond donors (Lipinski definition) is 4. The maximum Gasteiger partial charge on any atom is 0.227 e. The van der Waals surface area contributed by atoms with Gasteiger partial charge in [-0.1, -0.05) is 18.4 Å². The number of hydrogen-bond acceptors (Lipinski definition) is 6. The number of nitrogens with two attached hydrogens (primary N) is 1. The molecule has 5 heterocycles. The molecule has 2 fully saturated rings. The minimum Gasteiger partial charge on any atom is -0.472 e. The second-order valence-electron chi connectivity index (χ2n) is 10.5. The van der Waals surface area contributed by atoms with Gasteiger partial charge in [-0.05, 0) is 73.7 Å². The Morgan fingerprint density at radius 3 is 2.80 bits per heavy atom. The molecule has 9 heteroatoms. The zero-order valence-corrected chi connectivity index (χ0v) is 21.9. The summed E-state index contributed by atoms with van der Waals surface area (Å²) in [7, 11) is 0. The number of amides is 1. The molecule has 5 aromatic rings. The largest absolute Gasteiger partial charge is 0.472 e. The third-order valence-corrected chi connectivity index (χ3v) is 7.71. The molecule has 2 saturated carbocycles. The Bertz CT molecular complexity index is 1810. The van der Waals surface area contributed by atoms with Gasteiger partial charge >= 0.3 is 0 Å². The Morgan fingerprint density at radius 1 is 1.15 bits per heavy atom. The molecule has 0 saturated heterocycles. The Kier molecular flexibility index (Phi) is 6.03. The van der Waals surface area contributed by atoms with Gasteiger partial charge in [-0.3, -0.25) is 9.89 Å². The van der Waals surface area contributed by atoms with Gasteiger partial charge in [-0.15, -0.1) is 0 Å². The molecule has 2 aliphatic carbocycles. The van der Waals surface area contributed by atoms with E-state index in [-0.39, 0.29) is 11.8 Å². The lowest BCUT2D eigenvalue weighted by Crippen LogP contribution is -2.28. The van der Waals surface area contributed by atoms with Crippen LogP contribution in [-0.2, 0) is 4.79 Å². The molecule has 0 unspecified atom stereocenters. The van der Waals surface area contributed by atoms with Gasteiger partial charge in [-0.2, -0.15) is 5.10 Å². The molecule has 0 spiro atoms. The highest BCUT2D eigenvalue weighted by Gasteiger charge is 2.24. The highest BCUT2D eigenvalue weighted by atomic mass is 16.3. The Balaban J connectivity index is 1.25. The van der Waals surface area contributed by atoms with Crippen LogP contribution in [0.1, 0.15) is 44.2 Å². The number of aromatic nitrogens is 5. The summed E-state index contributed by atoms with van der Waals surface area (Å²) in [6, 6.07) is 9.78. The Morgan fingerprint density at radius 2 is 2.02 bits per heavy atom.